The first-order valence-corrected chi connectivity index (χ1v) is 9.22. The lowest BCUT2D eigenvalue weighted by Gasteiger charge is -2.40. The van der Waals surface area contributed by atoms with Crippen molar-refractivity contribution < 1.29 is 14.4 Å². The average Bonchev–Trinajstić information content (AvgIpc) is 3.14. The van der Waals surface area contributed by atoms with Crippen molar-refractivity contribution in [2.75, 3.05) is 18.5 Å². The lowest BCUT2D eigenvalue weighted by atomic mass is 10.1. The molecule has 3 aliphatic rings. The minimum absolute atomic E-state index is 0.225. The molecule has 3 amide bonds. The molecule has 0 saturated carbocycles. The molecule has 0 aliphatic carbocycles. The van der Waals surface area contributed by atoms with Gasteiger partial charge in [0.15, 0.2) is 12.2 Å². The Hall–Kier alpha value is -3.16. The number of likely N-dealkylation sites (N-methyl/N-ethyl adjacent to an activating group) is 1. The zero-order valence-electron chi connectivity index (χ0n) is 16.6. The van der Waals surface area contributed by atoms with Crippen molar-refractivity contribution >= 4 is 29.4 Å². The van der Waals surface area contributed by atoms with Gasteiger partial charge in [0.1, 0.15) is 5.78 Å². The SMILES string of the molecule is CC(=O)CN1C(=O)C2C(N=C3N(c4ccccc4C)C(C)=C(C)N32)N(C)C1=O. The van der Waals surface area contributed by atoms with Crippen LogP contribution in [-0.2, 0) is 9.59 Å². The van der Waals surface area contributed by atoms with Crippen molar-refractivity contribution in [3.8, 4) is 0 Å². The Bertz CT molecular complexity index is 966. The molecule has 0 spiro atoms. The number of fused-ring (bicyclic) bond motifs is 3. The van der Waals surface area contributed by atoms with Crippen LogP contribution in [-0.4, -0.2) is 64.2 Å². The van der Waals surface area contributed by atoms with Gasteiger partial charge in [0.2, 0.25) is 5.96 Å². The summed E-state index contributed by atoms with van der Waals surface area (Å²) in [5, 5.41) is 0. The number of Topliss-reactive ketones (excluding diaryl/α,β-unsaturated/α-hetero) is 1. The minimum atomic E-state index is -0.666. The predicted molar refractivity (Wildman–Crippen MR) is 104 cm³/mol. The highest BCUT2D eigenvalue weighted by Crippen LogP contribution is 2.40. The number of imide groups is 1. The summed E-state index contributed by atoms with van der Waals surface area (Å²) in [5.41, 5.74) is 3.97. The molecule has 1 saturated heterocycles. The van der Waals surface area contributed by atoms with E-state index in [-0.39, 0.29) is 18.2 Å². The number of para-hydroxylation sites is 1. The highest BCUT2D eigenvalue weighted by atomic mass is 16.2. The monoisotopic (exact) mass is 381 g/mol. The van der Waals surface area contributed by atoms with Gasteiger partial charge in [-0.25, -0.2) is 9.79 Å². The maximum absolute atomic E-state index is 13.2. The highest BCUT2D eigenvalue weighted by Gasteiger charge is 2.56. The Kier molecular flexibility index (Phi) is 4.02. The summed E-state index contributed by atoms with van der Waals surface area (Å²) in [5.74, 6) is 0.0110. The number of guanidine groups is 1. The molecule has 28 heavy (non-hydrogen) atoms. The van der Waals surface area contributed by atoms with Crippen LogP contribution in [0.5, 0.6) is 0 Å². The maximum Gasteiger partial charge on any atom is 0.328 e. The zero-order chi connectivity index (χ0) is 20.3. The largest absolute Gasteiger partial charge is 0.328 e. The summed E-state index contributed by atoms with van der Waals surface area (Å²) in [6.45, 7) is 7.11. The third kappa shape index (κ3) is 2.37. The van der Waals surface area contributed by atoms with Gasteiger partial charge in [0, 0.05) is 18.4 Å². The number of allylic oxidation sites excluding steroid dienone is 2. The number of carbonyl (C=O) groups excluding carboxylic acids is 3. The highest BCUT2D eigenvalue weighted by molar-refractivity contribution is 6.11. The van der Waals surface area contributed by atoms with E-state index >= 15 is 0 Å². The van der Waals surface area contributed by atoms with Crippen LogP contribution >= 0.6 is 0 Å². The first-order valence-electron chi connectivity index (χ1n) is 9.22. The fourth-order valence-electron chi connectivity index (χ4n) is 4.08. The van der Waals surface area contributed by atoms with E-state index in [2.05, 4.69) is 0 Å². The zero-order valence-corrected chi connectivity index (χ0v) is 16.6. The van der Waals surface area contributed by atoms with Gasteiger partial charge in [-0.2, -0.15) is 0 Å². The van der Waals surface area contributed by atoms with E-state index in [4.69, 9.17) is 4.99 Å². The Labute approximate surface area is 163 Å². The summed E-state index contributed by atoms with van der Waals surface area (Å²) in [6.07, 6.45) is -0.618. The Morgan fingerprint density at radius 1 is 1.11 bits per heavy atom. The van der Waals surface area contributed by atoms with Crippen LogP contribution in [0.4, 0.5) is 10.5 Å². The summed E-state index contributed by atoms with van der Waals surface area (Å²) in [4.78, 5) is 48.6. The number of benzene rings is 1. The molecule has 8 nitrogen and oxygen atoms in total. The van der Waals surface area contributed by atoms with Gasteiger partial charge >= 0.3 is 6.03 Å². The number of anilines is 1. The topological polar surface area (TPSA) is 76.5 Å². The molecule has 0 radical (unpaired) electrons. The quantitative estimate of drug-likeness (QED) is 0.799. The second kappa shape index (κ2) is 6.19. The summed E-state index contributed by atoms with van der Waals surface area (Å²) < 4.78 is 0. The van der Waals surface area contributed by atoms with E-state index in [0.717, 1.165) is 27.5 Å². The fraction of sp³-hybridized carbons (Fsp3) is 0.400. The van der Waals surface area contributed by atoms with Crippen molar-refractivity contribution in [2.45, 2.75) is 39.9 Å². The van der Waals surface area contributed by atoms with E-state index in [1.807, 2.05) is 54.8 Å². The maximum atomic E-state index is 13.2. The molecule has 4 rings (SSSR count). The summed E-state index contributed by atoms with van der Waals surface area (Å²) >= 11 is 0. The van der Waals surface area contributed by atoms with Crippen LogP contribution in [0.3, 0.4) is 0 Å². The number of hydrogen-bond acceptors (Lipinski definition) is 6. The lowest BCUT2D eigenvalue weighted by Crippen LogP contribution is -2.65. The number of aliphatic imine (C=N–C) groups is 1. The van der Waals surface area contributed by atoms with E-state index in [1.165, 1.54) is 11.8 Å². The van der Waals surface area contributed by atoms with Crippen LogP contribution in [0.1, 0.15) is 26.3 Å². The van der Waals surface area contributed by atoms with Crippen molar-refractivity contribution in [3.05, 3.63) is 41.2 Å². The van der Waals surface area contributed by atoms with Crippen LogP contribution in [0.25, 0.3) is 0 Å². The van der Waals surface area contributed by atoms with Crippen LogP contribution in [0.2, 0.25) is 0 Å². The van der Waals surface area contributed by atoms with Gasteiger partial charge in [-0.15, -0.1) is 0 Å². The third-order valence-electron chi connectivity index (χ3n) is 5.63. The predicted octanol–water partition coefficient (Wildman–Crippen LogP) is 1.92. The standard InChI is InChI=1S/C20H23N5O3/c1-11-8-6-7-9-15(11)24-13(3)14(4)25-16-17(21-19(24)25)22(5)20(28)23(18(16)27)10-12(2)26/h6-9,16-17H,10H2,1-5H3. The molecule has 0 N–H and O–H groups in total. The number of aryl methyl sites for hydroxylation is 1. The Morgan fingerprint density at radius 2 is 1.79 bits per heavy atom. The number of amides is 3. The average molecular weight is 381 g/mol. The normalized spacial score (nSPS) is 24.1. The lowest BCUT2D eigenvalue weighted by molar-refractivity contribution is -0.139. The van der Waals surface area contributed by atoms with Crippen molar-refractivity contribution in [3.63, 3.8) is 0 Å². The van der Waals surface area contributed by atoms with Crippen molar-refractivity contribution in [2.24, 2.45) is 4.99 Å². The molecular weight excluding hydrogens is 358 g/mol. The van der Waals surface area contributed by atoms with E-state index < -0.39 is 18.2 Å². The molecule has 1 aromatic carbocycles. The fourth-order valence-corrected chi connectivity index (χ4v) is 4.08. The number of rotatable bonds is 3. The van der Waals surface area contributed by atoms with Gasteiger partial charge in [-0.1, -0.05) is 18.2 Å². The Morgan fingerprint density at radius 3 is 2.43 bits per heavy atom. The van der Waals surface area contributed by atoms with Gasteiger partial charge in [0.25, 0.3) is 5.91 Å². The first kappa shape index (κ1) is 18.2. The molecule has 1 aromatic rings. The number of hydrogen-bond donors (Lipinski definition) is 0. The molecular formula is C20H23N5O3. The molecule has 3 aliphatic heterocycles. The van der Waals surface area contributed by atoms with E-state index in [1.54, 1.807) is 7.05 Å². The molecule has 146 valence electrons. The number of ketones is 1. The van der Waals surface area contributed by atoms with E-state index in [0.29, 0.717) is 5.96 Å². The summed E-state index contributed by atoms with van der Waals surface area (Å²) in [7, 11) is 1.62. The Balaban J connectivity index is 1.79. The number of carbonyl (C=O) groups is 3. The van der Waals surface area contributed by atoms with Gasteiger partial charge in [-0.3, -0.25) is 24.3 Å². The molecule has 8 heteroatoms. The summed E-state index contributed by atoms with van der Waals surface area (Å²) in [6, 6.07) is 6.82. The van der Waals surface area contributed by atoms with Gasteiger partial charge in [-0.05, 0) is 39.3 Å². The van der Waals surface area contributed by atoms with Crippen LogP contribution < -0.4 is 4.90 Å². The molecule has 3 heterocycles. The van der Waals surface area contributed by atoms with E-state index in [9.17, 15) is 14.4 Å². The molecule has 2 atom stereocenters. The third-order valence-corrected chi connectivity index (χ3v) is 5.63. The van der Waals surface area contributed by atoms with Crippen LogP contribution in [0.15, 0.2) is 40.7 Å². The molecule has 1 fully saturated rings. The van der Waals surface area contributed by atoms with Gasteiger partial charge < -0.3 is 4.90 Å². The number of nitrogens with zero attached hydrogens (tertiary/aromatic N) is 5. The minimum Gasteiger partial charge on any atom is -0.302 e. The van der Waals surface area contributed by atoms with Crippen molar-refractivity contribution in [1.82, 2.24) is 14.7 Å². The van der Waals surface area contributed by atoms with Gasteiger partial charge in [0.05, 0.1) is 12.2 Å². The molecule has 0 aromatic heterocycles. The molecule has 0 bridgehead atoms. The first-order chi connectivity index (χ1) is 13.2. The van der Waals surface area contributed by atoms with Crippen molar-refractivity contribution in [1.29, 1.82) is 0 Å². The molecule has 2 unspecified atom stereocenters. The van der Waals surface area contributed by atoms with Crippen LogP contribution in [0, 0.1) is 6.92 Å². The second-order valence-corrected chi connectivity index (χ2v) is 7.47. The second-order valence-electron chi connectivity index (χ2n) is 7.47. The smallest absolute Gasteiger partial charge is 0.302 e. The number of urea groups is 1.